The molecule has 0 bridgehead atoms. The molecule has 0 fully saturated rings. The summed E-state index contributed by atoms with van der Waals surface area (Å²) in [5.41, 5.74) is 5.90. The van der Waals surface area contributed by atoms with Gasteiger partial charge in [0.15, 0.2) is 5.78 Å². The number of methoxy groups -OCH3 is 1. The van der Waals surface area contributed by atoms with Crippen molar-refractivity contribution in [2.24, 2.45) is 11.8 Å². The quantitative estimate of drug-likeness (QED) is 0.397. The van der Waals surface area contributed by atoms with Gasteiger partial charge in [-0.1, -0.05) is 53.1 Å². The van der Waals surface area contributed by atoms with Gasteiger partial charge in [0.1, 0.15) is 5.75 Å². The summed E-state index contributed by atoms with van der Waals surface area (Å²) in [6.45, 7) is 8.54. The fourth-order valence-corrected chi connectivity index (χ4v) is 4.34. The maximum absolute atomic E-state index is 13.8. The summed E-state index contributed by atoms with van der Waals surface area (Å²) in [4.78, 5) is 13.8. The SMILES string of the molecule is COc1ccc(C(=O)[C@@H]2[C@H](CC=C(C)C)C(C)=CC[C@H]2c2ccc(C)cc2)cc1. The van der Waals surface area contributed by atoms with E-state index in [0.717, 1.165) is 24.2 Å². The summed E-state index contributed by atoms with van der Waals surface area (Å²) in [6, 6.07) is 16.3. The van der Waals surface area contributed by atoms with E-state index in [4.69, 9.17) is 4.74 Å². The number of carbonyl (C=O) groups excluding carboxylic acids is 1. The Hall–Kier alpha value is -2.61. The van der Waals surface area contributed by atoms with Gasteiger partial charge < -0.3 is 4.74 Å². The highest BCUT2D eigenvalue weighted by molar-refractivity contribution is 5.99. The van der Waals surface area contributed by atoms with Crippen LogP contribution in [0.1, 0.15) is 61.0 Å². The van der Waals surface area contributed by atoms with Gasteiger partial charge in [-0.05, 0) is 82.2 Å². The average molecular weight is 389 g/mol. The molecule has 0 N–H and O–H groups in total. The summed E-state index contributed by atoms with van der Waals surface area (Å²) in [5, 5.41) is 0. The molecule has 0 saturated carbocycles. The van der Waals surface area contributed by atoms with E-state index in [-0.39, 0.29) is 23.5 Å². The standard InChI is InChI=1S/C27H32O2/c1-18(2)6-16-24-20(4)9-17-25(21-10-7-19(3)8-11-21)26(24)27(28)22-12-14-23(29-5)15-13-22/h6-15,24-26H,16-17H2,1-5H3/t24-,25+,26-/m1/s1. The van der Waals surface area contributed by atoms with E-state index in [1.807, 2.05) is 24.3 Å². The zero-order valence-corrected chi connectivity index (χ0v) is 18.2. The second kappa shape index (κ2) is 9.26. The highest BCUT2D eigenvalue weighted by Gasteiger charge is 2.39. The first-order valence-corrected chi connectivity index (χ1v) is 10.5. The molecular weight excluding hydrogens is 356 g/mol. The fraction of sp³-hybridized carbons (Fsp3) is 0.370. The number of hydrogen-bond acceptors (Lipinski definition) is 2. The third-order valence-electron chi connectivity index (χ3n) is 6.11. The minimum absolute atomic E-state index is 0.0632. The maximum atomic E-state index is 13.8. The first-order chi connectivity index (χ1) is 13.9. The number of carbonyl (C=O) groups is 1. The van der Waals surface area contributed by atoms with Crippen molar-refractivity contribution in [1.82, 2.24) is 0 Å². The van der Waals surface area contributed by atoms with Crippen LogP contribution in [0.2, 0.25) is 0 Å². The predicted molar refractivity (Wildman–Crippen MR) is 121 cm³/mol. The van der Waals surface area contributed by atoms with Crippen LogP contribution < -0.4 is 4.74 Å². The Morgan fingerprint density at radius 3 is 2.28 bits per heavy atom. The monoisotopic (exact) mass is 388 g/mol. The smallest absolute Gasteiger partial charge is 0.167 e. The minimum atomic E-state index is -0.0632. The van der Waals surface area contributed by atoms with Crippen LogP contribution in [-0.2, 0) is 0 Å². The van der Waals surface area contributed by atoms with Crippen molar-refractivity contribution in [2.45, 2.75) is 46.5 Å². The summed E-state index contributed by atoms with van der Waals surface area (Å²) in [6.07, 6.45) is 6.42. The Labute approximate surface area is 175 Å². The zero-order valence-electron chi connectivity index (χ0n) is 18.2. The molecule has 0 aliphatic heterocycles. The van der Waals surface area contributed by atoms with Crippen molar-refractivity contribution in [1.29, 1.82) is 0 Å². The van der Waals surface area contributed by atoms with Gasteiger partial charge in [0.25, 0.3) is 0 Å². The molecule has 2 aromatic carbocycles. The van der Waals surface area contributed by atoms with E-state index in [2.05, 4.69) is 64.1 Å². The molecule has 29 heavy (non-hydrogen) atoms. The number of Topliss-reactive ketones (excluding diaryl/α,β-unsaturated/α-hetero) is 1. The lowest BCUT2D eigenvalue weighted by Gasteiger charge is -2.37. The highest BCUT2D eigenvalue weighted by Crippen LogP contribution is 2.44. The molecular formula is C27H32O2. The van der Waals surface area contributed by atoms with Gasteiger partial charge in [-0.15, -0.1) is 0 Å². The third kappa shape index (κ3) is 4.87. The van der Waals surface area contributed by atoms with Crippen molar-refractivity contribution in [3.05, 3.63) is 88.5 Å². The first kappa shape index (κ1) is 21.1. The molecule has 3 rings (SSSR count). The molecule has 0 amide bonds. The number of benzene rings is 2. The molecule has 0 heterocycles. The van der Waals surface area contributed by atoms with Gasteiger partial charge in [-0.25, -0.2) is 0 Å². The fourth-order valence-electron chi connectivity index (χ4n) is 4.34. The maximum Gasteiger partial charge on any atom is 0.167 e. The van der Waals surface area contributed by atoms with E-state index >= 15 is 0 Å². The van der Waals surface area contributed by atoms with Crippen molar-refractivity contribution < 1.29 is 9.53 Å². The number of ether oxygens (including phenoxy) is 1. The molecule has 0 saturated heterocycles. The summed E-state index contributed by atoms with van der Waals surface area (Å²) < 4.78 is 5.27. The molecule has 2 nitrogen and oxygen atoms in total. The van der Waals surface area contributed by atoms with Crippen LogP contribution in [0, 0.1) is 18.8 Å². The normalized spacial score (nSPS) is 21.3. The first-order valence-electron chi connectivity index (χ1n) is 10.5. The van der Waals surface area contributed by atoms with Crippen molar-refractivity contribution in [3.8, 4) is 5.75 Å². The Kier molecular flexibility index (Phi) is 6.74. The Balaban J connectivity index is 2.03. The van der Waals surface area contributed by atoms with E-state index in [0.29, 0.717) is 0 Å². The largest absolute Gasteiger partial charge is 0.497 e. The van der Waals surface area contributed by atoms with E-state index in [1.165, 1.54) is 22.3 Å². The predicted octanol–water partition coefficient (Wildman–Crippen LogP) is 6.91. The lowest BCUT2D eigenvalue weighted by molar-refractivity contribution is 0.0850. The molecule has 0 aromatic heterocycles. The molecule has 3 atom stereocenters. The minimum Gasteiger partial charge on any atom is -0.497 e. The topological polar surface area (TPSA) is 26.3 Å². The molecule has 2 heteroatoms. The molecule has 1 aliphatic rings. The van der Waals surface area contributed by atoms with Gasteiger partial charge in [0.2, 0.25) is 0 Å². The number of ketones is 1. The zero-order chi connectivity index (χ0) is 21.0. The second-order valence-corrected chi connectivity index (χ2v) is 8.44. The highest BCUT2D eigenvalue weighted by atomic mass is 16.5. The Morgan fingerprint density at radius 1 is 1.03 bits per heavy atom. The molecule has 0 unspecified atom stereocenters. The Bertz CT molecular complexity index is 897. The van der Waals surface area contributed by atoms with Crippen LogP contribution in [0.3, 0.4) is 0 Å². The molecule has 152 valence electrons. The van der Waals surface area contributed by atoms with Crippen LogP contribution in [0.5, 0.6) is 5.75 Å². The van der Waals surface area contributed by atoms with E-state index in [9.17, 15) is 4.79 Å². The van der Waals surface area contributed by atoms with Gasteiger partial charge in [0, 0.05) is 11.5 Å². The number of hydrogen-bond donors (Lipinski definition) is 0. The number of rotatable bonds is 6. The average Bonchev–Trinajstić information content (AvgIpc) is 2.73. The van der Waals surface area contributed by atoms with Crippen molar-refractivity contribution in [2.75, 3.05) is 7.11 Å². The summed E-state index contributed by atoms with van der Waals surface area (Å²) in [7, 11) is 1.65. The lowest BCUT2D eigenvalue weighted by atomic mass is 9.65. The van der Waals surface area contributed by atoms with Crippen LogP contribution in [0.25, 0.3) is 0 Å². The lowest BCUT2D eigenvalue weighted by Crippen LogP contribution is -2.33. The van der Waals surface area contributed by atoms with Crippen LogP contribution >= 0.6 is 0 Å². The van der Waals surface area contributed by atoms with Gasteiger partial charge in [0.05, 0.1) is 7.11 Å². The third-order valence-corrected chi connectivity index (χ3v) is 6.11. The molecule has 2 aromatic rings. The van der Waals surface area contributed by atoms with Crippen molar-refractivity contribution >= 4 is 5.78 Å². The number of allylic oxidation sites excluding steroid dienone is 4. The second-order valence-electron chi connectivity index (χ2n) is 8.44. The van der Waals surface area contributed by atoms with Crippen LogP contribution in [0.15, 0.2) is 71.8 Å². The molecule has 0 radical (unpaired) electrons. The van der Waals surface area contributed by atoms with E-state index in [1.54, 1.807) is 7.11 Å². The van der Waals surface area contributed by atoms with Crippen LogP contribution in [-0.4, -0.2) is 12.9 Å². The Morgan fingerprint density at radius 2 is 1.69 bits per heavy atom. The molecule has 1 aliphatic carbocycles. The van der Waals surface area contributed by atoms with E-state index < -0.39 is 0 Å². The molecule has 0 spiro atoms. The van der Waals surface area contributed by atoms with Gasteiger partial charge >= 0.3 is 0 Å². The number of aryl methyl sites for hydroxylation is 1. The van der Waals surface area contributed by atoms with Gasteiger partial charge in [-0.2, -0.15) is 0 Å². The summed E-state index contributed by atoms with van der Waals surface area (Å²) in [5.74, 6) is 1.37. The summed E-state index contributed by atoms with van der Waals surface area (Å²) >= 11 is 0. The van der Waals surface area contributed by atoms with Crippen LogP contribution in [0.4, 0.5) is 0 Å². The van der Waals surface area contributed by atoms with Crippen molar-refractivity contribution in [3.63, 3.8) is 0 Å². The van der Waals surface area contributed by atoms with Gasteiger partial charge in [-0.3, -0.25) is 4.79 Å².